The molecule has 1 aliphatic heterocycles. The molecule has 0 aliphatic carbocycles. The second-order valence-corrected chi connectivity index (χ2v) is 6.52. The molecule has 0 amide bonds. The van der Waals surface area contributed by atoms with E-state index in [2.05, 4.69) is 24.0 Å². The standard InChI is InChI=1S/C15H23NOS.C2H6/c1-3-9-16-10-7-13(8-11-16)14-5-4-6-15(12-14)18(2)17;1-2/h4-6,12-13H,3,7-11H2,1-2H3;1-2H3. The molecule has 3 heteroatoms. The van der Waals surface area contributed by atoms with Gasteiger partial charge < -0.3 is 4.90 Å². The highest BCUT2D eigenvalue weighted by Crippen LogP contribution is 2.28. The minimum Gasteiger partial charge on any atom is -0.303 e. The van der Waals surface area contributed by atoms with Gasteiger partial charge in [-0.3, -0.25) is 4.21 Å². The van der Waals surface area contributed by atoms with Gasteiger partial charge in [0.05, 0.1) is 0 Å². The van der Waals surface area contributed by atoms with E-state index in [0.717, 1.165) is 4.90 Å². The lowest BCUT2D eigenvalue weighted by Crippen LogP contribution is -2.33. The van der Waals surface area contributed by atoms with Gasteiger partial charge in [-0.1, -0.05) is 32.9 Å². The third-order valence-corrected chi connectivity index (χ3v) is 4.71. The van der Waals surface area contributed by atoms with E-state index >= 15 is 0 Å². The average Bonchev–Trinajstić information content (AvgIpc) is 2.50. The highest BCUT2D eigenvalue weighted by atomic mass is 32.2. The molecular weight excluding hydrogens is 266 g/mol. The fourth-order valence-electron chi connectivity index (χ4n) is 2.75. The van der Waals surface area contributed by atoms with Crippen LogP contribution in [0.3, 0.4) is 0 Å². The van der Waals surface area contributed by atoms with E-state index in [1.165, 1.54) is 44.5 Å². The van der Waals surface area contributed by atoms with Crippen molar-refractivity contribution in [1.82, 2.24) is 4.90 Å². The highest BCUT2D eigenvalue weighted by molar-refractivity contribution is 7.84. The van der Waals surface area contributed by atoms with Crippen LogP contribution in [0.15, 0.2) is 29.2 Å². The Balaban J connectivity index is 0.000000956. The van der Waals surface area contributed by atoms with Crippen molar-refractivity contribution in [3.05, 3.63) is 29.8 Å². The Morgan fingerprint density at radius 3 is 2.45 bits per heavy atom. The number of nitrogens with zero attached hydrogens (tertiary/aromatic N) is 1. The molecule has 20 heavy (non-hydrogen) atoms. The normalized spacial score (nSPS) is 18.2. The van der Waals surface area contributed by atoms with Crippen LogP contribution >= 0.6 is 0 Å². The molecule has 1 heterocycles. The molecule has 0 aromatic heterocycles. The molecule has 0 bridgehead atoms. The maximum atomic E-state index is 11.5. The van der Waals surface area contributed by atoms with Crippen LogP contribution in [0.5, 0.6) is 0 Å². The summed E-state index contributed by atoms with van der Waals surface area (Å²) in [5, 5.41) is 0. The first-order valence-corrected chi connectivity index (χ1v) is 9.42. The number of hydrogen-bond donors (Lipinski definition) is 0. The Kier molecular flexibility index (Phi) is 8.08. The highest BCUT2D eigenvalue weighted by Gasteiger charge is 2.20. The van der Waals surface area contributed by atoms with Gasteiger partial charge in [0.1, 0.15) is 0 Å². The molecular formula is C17H29NOS. The third-order valence-electron chi connectivity index (χ3n) is 3.79. The molecule has 0 N–H and O–H groups in total. The first-order valence-electron chi connectivity index (χ1n) is 7.86. The van der Waals surface area contributed by atoms with Crippen LogP contribution in [0.4, 0.5) is 0 Å². The van der Waals surface area contributed by atoms with Gasteiger partial charge in [0.2, 0.25) is 0 Å². The summed E-state index contributed by atoms with van der Waals surface area (Å²) in [5.74, 6) is 0.654. The Morgan fingerprint density at radius 1 is 1.25 bits per heavy atom. The van der Waals surface area contributed by atoms with Crippen LogP contribution in [-0.2, 0) is 10.8 Å². The van der Waals surface area contributed by atoms with Crippen LogP contribution in [0.2, 0.25) is 0 Å². The van der Waals surface area contributed by atoms with Crippen molar-refractivity contribution < 1.29 is 4.21 Å². The van der Waals surface area contributed by atoms with E-state index in [1.54, 1.807) is 6.26 Å². The van der Waals surface area contributed by atoms with Gasteiger partial charge >= 0.3 is 0 Å². The lowest BCUT2D eigenvalue weighted by atomic mass is 9.89. The van der Waals surface area contributed by atoms with Crippen molar-refractivity contribution in [2.75, 3.05) is 25.9 Å². The summed E-state index contributed by atoms with van der Waals surface area (Å²) in [5.41, 5.74) is 1.37. The van der Waals surface area contributed by atoms with Crippen LogP contribution in [-0.4, -0.2) is 35.0 Å². The van der Waals surface area contributed by atoms with Gasteiger partial charge in [-0.25, -0.2) is 0 Å². The molecule has 0 spiro atoms. The first kappa shape index (κ1) is 17.4. The molecule has 1 aromatic carbocycles. The van der Waals surface area contributed by atoms with E-state index in [0.29, 0.717) is 5.92 Å². The van der Waals surface area contributed by atoms with E-state index < -0.39 is 10.8 Å². The van der Waals surface area contributed by atoms with Crippen molar-refractivity contribution in [2.24, 2.45) is 0 Å². The largest absolute Gasteiger partial charge is 0.303 e. The molecule has 2 nitrogen and oxygen atoms in total. The fourth-order valence-corrected chi connectivity index (χ4v) is 3.33. The average molecular weight is 295 g/mol. The van der Waals surface area contributed by atoms with E-state index in [-0.39, 0.29) is 0 Å². The van der Waals surface area contributed by atoms with Crippen molar-refractivity contribution in [1.29, 1.82) is 0 Å². The fraction of sp³-hybridized carbons (Fsp3) is 0.647. The SMILES string of the molecule is CC.CCCN1CCC(c2cccc(S(C)=O)c2)CC1. The van der Waals surface area contributed by atoms with E-state index in [4.69, 9.17) is 0 Å². The molecule has 0 saturated carbocycles. The van der Waals surface area contributed by atoms with Gasteiger partial charge in [0.25, 0.3) is 0 Å². The van der Waals surface area contributed by atoms with Crippen LogP contribution in [0.1, 0.15) is 51.5 Å². The topological polar surface area (TPSA) is 20.3 Å². The molecule has 2 rings (SSSR count). The summed E-state index contributed by atoms with van der Waals surface area (Å²) in [6.07, 6.45) is 5.47. The molecule has 1 aromatic rings. The number of benzene rings is 1. The van der Waals surface area contributed by atoms with E-state index in [1.807, 2.05) is 26.0 Å². The predicted octanol–water partition coefficient (Wildman–Crippen LogP) is 4.04. The third kappa shape index (κ3) is 5.02. The van der Waals surface area contributed by atoms with Crippen molar-refractivity contribution in [3.63, 3.8) is 0 Å². The number of piperidine rings is 1. The first-order chi connectivity index (χ1) is 9.70. The summed E-state index contributed by atoms with van der Waals surface area (Å²) in [7, 11) is -0.864. The maximum Gasteiger partial charge on any atom is 0.0498 e. The Hall–Kier alpha value is -0.670. The Bertz CT molecular complexity index is 411. The Morgan fingerprint density at radius 2 is 1.90 bits per heavy atom. The molecule has 1 aliphatic rings. The number of likely N-dealkylation sites (tertiary alicyclic amines) is 1. The predicted molar refractivity (Wildman–Crippen MR) is 88.8 cm³/mol. The summed E-state index contributed by atoms with van der Waals surface area (Å²) < 4.78 is 11.5. The molecule has 1 saturated heterocycles. The zero-order valence-electron chi connectivity index (χ0n) is 13.4. The lowest BCUT2D eigenvalue weighted by molar-refractivity contribution is 0.212. The molecule has 1 fully saturated rings. The van der Waals surface area contributed by atoms with E-state index in [9.17, 15) is 4.21 Å². The van der Waals surface area contributed by atoms with Gasteiger partial charge in [0, 0.05) is 22.0 Å². The van der Waals surface area contributed by atoms with Crippen molar-refractivity contribution >= 4 is 10.8 Å². The Labute approximate surface area is 127 Å². The van der Waals surface area contributed by atoms with Gasteiger partial charge in [-0.2, -0.15) is 0 Å². The van der Waals surface area contributed by atoms with Crippen molar-refractivity contribution in [3.8, 4) is 0 Å². The van der Waals surface area contributed by atoms with Crippen molar-refractivity contribution in [2.45, 2.75) is 50.8 Å². The lowest BCUT2D eigenvalue weighted by Gasteiger charge is -2.32. The maximum absolute atomic E-state index is 11.5. The number of rotatable bonds is 4. The van der Waals surface area contributed by atoms with Gasteiger partial charge in [0.15, 0.2) is 0 Å². The minimum atomic E-state index is -0.864. The van der Waals surface area contributed by atoms with Gasteiger partial charge in [-0.15, -0.1) is 0 Å². The molecule has 1 unspecified atom stereocenters. The summed E-state index contributed by atoms with van der Waals surface area (Å²) in [6, 6.07) is 8.34. The monoisotopic (exact) mass is 295 g/mol. The molecule has 1 atom stereocenters. The minimum absolute atomic E-state index is 0.654. The number of hydrogen-bond acceptors (Lipinski definition) is 2. The zero-order valence-corrected chi connectivity index (χ0v) is 14.2. The smallest absolute Gasteiger partial charge is 0.0498 e. The zero-order chi connectivity index (χ0) is 15.0. The van der Waals surface area contributed by atoms with Crippen LogP contribution < -0.4 is 0 Å². The van der Waals surface area contributed by atoms with Crippen LogP contribution in [0, 0.1) is 0 Å². The molecule has 114 valence electrons. The second-order valence-electron chi connectivity index (χ2n) is 5.14. The van der Waals surface area contributed by atoms with Gasteiger partial charge in [-0.05, 0) is 62.5 Å². The second kappa shape index (κ2) is 9.30. The van der Waals surface area contributed by atoms with Crippen LogP contribution in [0.25, 0.3) is 0 Å². The quantitative estimate of drug-likeness (QED) is 0.835. The summed E-state index contributed by atoms with van der Waals surface area (Å²) >= 11 is 0. The molecule has 0 radical (unpaired) electrons. The summed E-state index contributed by atoms with van der Waals surface area (Å²) in [4.78, 5) is 3.52. The summed E-state index contributed by atoms with van der Waals surface area (Å²) in [6.45, 7) is 9.88.